The van der Waals surface area contributed by atoms with E-state index >= 15 is 0 Å². The Morgan fingerprint density at radius 1 is 1.17 bits per heavy atom. The average Bonchev–Trinajstić information content (AvgIpc) is 2.72. The molecule has 1 aromatic heterocycles. The molecule has 2 rings (SSSR count). The molecule has 0 unspecified atom stereocenters. The van der Waals surface area contributed by atoms with Gasteiger partial charge in [-0.05, 0) is 38.1 Å². The Balaban J connectivity index is 1.90. The number of aromatic nitrogens is 2. The summed E-state index contributed by atoms with van der Waals surface area (Å²) in [6, 6.07) is 7.39. The summed E-state index contributed by atoms with van der Waals surface area (Å²) < 4.78 is 1.75. The van der Waals surface area contributed by atoms with E-state index in [-0.39, 0.29) is 11.8 Å². The van der Waals surface area contributed by atoms with Gasteiger partial charge < -0.3 is 10.6 Å². The molecule has 0 aliphatic carbocycles. The van der Waals surface area contributed by atoms with Crippen molar-refractivity contribution in [2.45, 2.75) is 25.7 Å². The molecule has 1 heterocycles. The van der Waals surface area contributed by atoms with Crippen LogP contribution in [0, 0.1) is 13.8 Å². The van der Waals surface area contributed by atoms with E-state index in [2.05, 4.69) is 15.7 Å². The molecule has 23 heavy (non-hydrogen) atoms. The number of hydrogen-bond acceptors (Lipinski definition) is 4. The van der Waals surface area contributed by atoms with Crippen molar-refractivity contribution >= 4 is 35.0 Å². The molecule has 0 atom stereocenters. The summed E-state index contributed by atoms with van der Waals surface area (Å²) in [5, 5.41) is 9.89. The lowest BCUT2D eigenvalue weighted by Crippen LogP contribution is -2.15. The van der Waals surface area contributed by atoms with E-state index in [4.69, 9.17) is 0 Å². The summed E-state index contributed by atoms with van der Waals surface area (Å²) in [6.07, 6.45) is 0. The number of amides is 2. The molecule has 2 amide bonds. The summed E-state index contributed by atoms with van der Waals surface area (Å²) in [7, 11) is 1.85. The van der Waals surface area contributed by atoms with E-state index in [9.17, 15) is 9.59 Å². The minimum atomic E-state index is -0.105. The van der Waals surface area contributed by atoms with Crippen LogP contribution in [0.2, 0.25) is 0 Å². The molecule has 0 saturated heterocycles. The van der Waals surface area contributed by atoms with E-state index < -0.39 is 0 Å². The van der Waals surface area contributed by atoms with Crippen molar-refractivity contribution in [1.29, 1.82) is 0 Å². The maximum absolute atomic E-state index is 12.1. The van der Waals surface area contributed by atoms with Crippen molar-refractivity contribution in [3.63, 3.8) is 0 Å². The highest BCUT2D eigenvalue weighted by atomic mass is 32.2. The lowest BCUT2D eigenvalue weighted by Gasteiger charge is -2.07. The number of carbonyl (C=O) groups is 2. The smallest absolute Gasteiger partial charge is 0.234 e. The zero-order valence-electron chi connectivity index (χ0n) is 13.6. The zero-order chi connectivity index (χ0) is 17.0. The number of nitrogens with zero attached hydrogens (tertiary/aromatic N) is 2. The molecule has 0 saturated carbocycles. The van der Waals surface area contributed by atoms with Gasteiger partial charge in [0.15, 0.2) is 0 Å². The maximum Gasteiger partial charge on any atom is 0.234 e. The van der Waals surface area contributed by atoms with Crippen LogP contribution in [0.4, 0.5) is 11.4 Å². The van der Waals surface area contributed by atoms with Crippen molar-refractivity contribution in [3.05, 3.63) is 35.7 Å². The van der Waals surface area contributed by atoms with Gasteiger partial charge in [-0.25, -0.2) is 0 Å². The Morgan fingerprint density at radius 3 is 2.35 bits per heavy atom. The summed E-state index contributed by atoms with van der Waals surface area (Å²) in [4.78, 5) is 24.0. The highest BCUT2D eigenvalue weighted by Crippen LogP contribution is 2.22. The lowest BCUT2D eigenvalue weighted by atomic mass is 10.3. The molecular formula is C16H20N4O2S. The first kappa shape index (κ1) is 17.1. The molecule has 0 radical (unpaired) electrons. The first-order valence-corrected chi connectivity index (χ1v) is 8.16. The quantitative estimate of drug-likeness (QED) is 0.826. The second kappa shape index (κ2) is 7.32. The second-order valence-electron chi connectivity index (χ2n) is 5.21. The monoisotopic (exact) mass is 332 g/mol. The highest BCUT2D eigenvalue weighted by Gasteiger charge is 2.12. The first-order chi connectivity index (χ1) is 10.9. The van der Waals surface area contributed by atoms with Crippen LogP contribution in [-0.2, 0) is 16.6 Å². The zero-order valence-corrected chi connectivity index (χ0v) is 14.5. The molecule has 6 nitrogen and oxygen atoms in total. The van der Waals surface area contributed by atoms with Gasteiger partial charge in [0.05, 0.1) is 22.8 Å². The molecule has 122 valence electrons. The average molecular weight is 332 g/mol. The third-order valence-corrected chi connectivity index (χ3v) is 4.33. The largest absolute Gasteiger partial charge is 0.326 e. The van der Waals surface area contributed by atoms with E-state index in [0.717, 1.165) is 27.7 Å². The predicted octanol–water partition coefficient (Wildman–Crippen LogP) is 2.73. The van der Waals surface area contributed by atoms with Crippen LogP contribution in [-0.4, -0.2) is 27.3 Å². The summed E-state index contributed by atoms with van der Waals surface area (Å²) in [6.45, 7) is 5.26. The number of aryl methyl sites for hydroxylation is 2. The van der Waals surface area contributed by atoms with Gasteiger partial charge in [0.25, 0.3) is 0 Å². The topological polar surface area (TPSA) is 76.0 Å². The van der Waals surface area contributed by atoms with E-state index in [1.165, 1.54) is 18.7 Å². The summed E-state index contributed by atoms with van der Waals surface area (Å²) >= 11 is 1.44. The maximum atomic E-state index is 12.1. The molecule has 2 N–H and O–H groups in total. The number of hydrogen-bond donors (Lipinski definition) is 2. The number of thioether (sulfide) groups is 1. The molecule has 0 bridgehead atoms. The van der Waals surface area contributed by atoms with Crippen LogP contribution in [0.15, 0.2) is 29.2 Å². The van der Waals surface area contributed by atoms with Crippen LogP contribution >= 0.6 is 11.8 Å². The first-order valence-electron chi connectivity index (χ1n) is 7.17. The van der Waals surface area contributed by atoms with Crippen LogP contribution < -0.4 is 10.6 Å². The Bertz CT molecular complexity index is 722. The standard InChI is InChI=1S/C16H20N4O2S/c1-10-16(11(2)20(4)19-10)18-15(22)9-23-14-7-5-13(6-8-14)17-12(3)21/h5-8H,9H2,1-4H3,(H,17,21)(H,18,22). The molecule has 0 aliphatic heterocycles. The van der Waals surface area contributed by atoms with Crippen LogP contribution in [0.5, 0.6) is 0 Å². The van der Waals surface area contributed by atoms with Crippen molar-refractivity contribution in [1.82, 2.24) is 9.78 Å². The SMILES string of the molecule is CC(=O)Nc1ccc(SCC(=O)Nc2c(C)nn(C)c2C)cc1. The number of nitrogens with one attached hydrogen (secondary N) is 2. The number of rotatable bonds is 5. The van der Waals surface area contributed by atoms with Crippen molar-refractivity contribution in [2.24, 2.45) is 7.05 Å². The van der Waals surface area contributed by atoms with Crippen LogP contribution in [0.25, 0.3) is 0 Å². The van der Waals surface area contributed by atoms with Gasteiger partial charge >= 0.3 is 0 Å². The van der Waals surface area contributed by atoms with Gasteiger partial charge in [0.2, 0.25) is 11.8 Å². The van der Waals surface area contributed by atoms with Gasteiger partial charge in [0, 0.05) is 24.6 Å². The molecule has 2 aromatic rings. The fraction of sp³-hybridized carbons (Fsp3) is 0.312. The van der Waals surface area contributed by atoms with Crippen molar-refractivity contribution in [3.8, 4) is 0 Å². The van der Waals surface area contributed by atoms with Crippen LogP contribution in [0.3, 0.4) is 0 Å². The van der Waals surface area contributed by atoms with Gasteiger partial charge in [-0.2, -0.15) is 5.10 Å². The van der Waals surface area contributed by atoms with E-state index in [0.29, 0.717) is 5.75 Å². The number of carbonyl (C=O) groups excluding carboxylic acids is 2. The summed E-state index contributed by atoms with van der Waals surface area (Å²) in [5.41, 5.74) is 3.26. The minimum Gasteiger partial charge on any atom is -0.326 e. The Morgan fingerprint density at radius 2 is 1.83 bits per heavy atom. The molecule has 7 heteroatoms. The van der Waals surface area contributed by atoms with Gasteiger partial charge in [0.1, 0.15) is 0 Å². The molecule has 0 fully saturated rings. The van der Waals surface area contributed by atoms with Gasteiger partial charge in [-0.1, -0.05) is 0 Å². The number of anilines is 2. The fourth-order valence-electron chi connectivity index (χ4n) is 2.12. The van der Waals surface area contributed by atoms with Gasteiger partial charge in [-0.15, -0.1) is 11.8 Å². The highest BCUT2D eigenvalue weighted by molar-refractivity contribution is 8.00. The molecule has 0 spiro atoms. The van der Waals surface area contributed by atoms with Gasteiger partial charge in [-0.3, -0.25) is 14.3 Å². The molecule has 1 aromatic carbocycles. The van der Waals surface area contributed by atoms with Crippen molar-refractivity contribution in [2.75, 3.05) is 16.4 Å². The third kappa shape index (κ3) is 4.59. The molecule has 0 aliphatic rings. The molecular weight excluding hydrogens is 312 g/mol. The fourth-order valence-corrected chi connectivity index (χ4v) is 2.82. The number of benzene rings is 1. The van der Waals surface area contributed by atoms with E-state index in [1.807, 2.05) is 45.2 Å². The Kier molecular flexibility index (Phi) is 5.44. The minimum absolute atomic E-state index is 0.0693. The Labute approximate surface area is 139 Å². The predicted molar refractivity (Wildman–Crippen MR) is 92.8 cm³/mol. The summed E-state index contributed by atoms with van der Waals surface area (Å²) in [5.74, 6) is 0.139. The Hall–Kier alpha value is -2.28. The van der Waals surface area contributed by atoms with Crippen molar-refractivity contribution < 1.29 is 9.59 Å². The van der Waals surface area contributed by atoms with E-state index in [1.54, 1.807) is 4.68 Å². The normalized spacial score (nSPS) is 10.4. The third-order valence-electron chi connectivity index (χ3n) is 3.32. The second-order valence-corrected chi connectivity index (χ2v) is 6.26. The van der Waals surface area contributed by atoms with Crippen LogP contribution in [0.1, 0.15) is 18.3 Å². The lowest BCUT2D eigenvalue weighted by molar-refractivity contribution is -0.114.